The molecule has 0 radical (unpaired) electrons. The van der Waals surface area contributed by atoms with E-state index < -0.39 is 36.5 Å². The predicted octanol–water partition coefficient (Wildman–Crippen LogP) is 7.91. The number of hydrogen-bond donors (Lipinski definition) is 0. The van der Waals surface area contributed by atoms with E-state index in [0.29, 0.717) is 5.56 Å². The molecule has 1 aliphatic carbocycles. The SMILES string of the molecule is CC#N.CCCN(CCCc1ccc(C2CC(C(F)(F)F)C2C(F)(F)F)cc1)Cc1ccccc1. The zero-order chi connectivity index (χ0) is 26.1. The molecule has 2 aromatic rings. The highest BCUT2D eigenvalue weighted by molar-refractivity contribution is 5.29. The first-order chi connectivity index (χ1) is 16.5. The van der Waals surface area contributed by atoms with E-state index in [-0.39, 0.29) is 0 Å². The van der Waals surface area contributed by atoms with E-state index in [2.05, 4.69) is 24.0 Å². The largest absolute Gasteiger partial charge is 0.393 e. The van der Waals surface area contributed by atoms with Crippen LogP contribution in [-0.2, 0) is 13.0 Å². The molecule has 2 nitrogen and oxygen atoms in total. The summed E-state index contributed by atoms with van der Waals surface area (Å²) in [5.41, 5.74) is 2.58. The van der Waals surface area contributed by atoms with Gasteiger partial charge >= 0.3 is 12.4 Å². The number of nitrogens with zero attached hydrogens (tertiary/aromatic N) is 2. The van der Waals surface area contributed by atoms with Crippen LogP contribution in [-0.4, -0.2) is 30.3 Å². The van der Waals surface area contributed by atoms with E-state index in [0.717, 1.165) is 44.5 Å². The topological polar surface area (TPSA) is 27.0 Å². The minimum absolute atomic E-state index is 0.341. The van der Waals surface area contributed by atoms with Crippen molar-refractivity contribution >= 4 is 0 Å². The lowest BCUT2D eigenvalue weighted by Gasteiger charge is -2.46. The van der Waals surface area contributed by atoms with Crippen LogP contribution in [0.25, 0.3) is 0 Å². The molecular weight excluding hydrogens is 466 g/mol. The maximum Gasteiger partial charge on any atom is 0.393 e. The molecular formula is C27H32F6N2. The van der Waals surface area contributed by atoms with Crippen molar-refractivity contribution in [1.29, 1.82) is 5.26 Å². The van der Waals surface area contributed by atoms with Crippen LogP contribution in [0.2, 0.25) is 0 Å². The van der Waals surface area contributed by atoms with Crippen LogP contribution >= 0.6 is 0 Å². The summed E-state index contributed by atoms with van der Waals surface area (Å²) in [6.45, 7) is 6.31. The molecule has 8 heteroatoms. The van der Waals surface area contributed by atoms with Crippen LogP contribution < -0.4 is 0 Å². The van der Waals surface area contributed by atoms with Crippen molar-refractivity contribution in [3.63, 3.8) is 0 Å². The first-order valence-electron chi connectivity index (χ1n) is 11.8. The smallest absolute Gasteiger partial charge is 0.299 e. The highest BCUT2D eigenvalue weighted by Gasteiger charge is 2.64. The van der Waals surface area contributed by atoms with Crippen LogP contribution in [0.4, 0.5) is 26.3 Å². The lowest BCUT2D eigenvalue weighted by molar-refractivity contribution is -0.292. The fourth-order valence-corrected chi connectivity index (χ4v) is 4.65. The van der Waals surface area contributed by atoms with Crippen LogP contribution in [0, 0.1) is 23.2 Å². The maximum atomic E-state index is 13.3. The predicted molar refractivity (Wildman–Crippen MR) is 125 cm³/mol. The van der Waals surface area contributed by atoms with Gasteiger partial charge in [0.15, 0.2) is 0 Å². The number of nitriles is 1. The molecule has 0 heterocycles. The molecule has 192 valence electrons. The highest BCUT2D eigenvalue weighted by Crippen LogP contribution is 2.59. The second kappa shape index (κ2) is 13.0. The third-order valence-corrected chi connectivity index (χ3v) is 6.31. The molecule has 35 heavy (non-hydrogen) atoms. The summed E-state index contributed by atoms with van der Waals surface area (Å²) >= 11 is 0. The van der Waals surface area contributed by atoms with Crippen molar-refractivity contribution < 1.29 is 26.3 Å². The Morgan fingerprint density at radius 1 is 0.886 bits per heavy atom. The number of alkyl halides is 6. The van der Waals surface area contributed by atoms with Crippen LogP contribution in [0.15, 0.2) is 54.6 Å². The minimum atomic E-state index is -4.86. The number of hydrogen-bond acceptors (Lipinski definition) is 2. The Hall–Kier alpha value is -2.53. The normalized spacial score (nSPS) is 19.9. The Balaban J connectivity index is 0.00000137. The molecule has 1 fully saturated rings. The molecule has 0 spiro atoms. The van der Waals surface area contributed by atoms with Crippen molar-refractivity contribution in [2.75, 3.05) is 13.1 Å². The molecule has 1 aliphatic rings. The maximum absolute atomic E-state index is 13.3. The van der Waals surface area contributed by atoms with Gasteiger partial charge in [-0.15, -0.1) is 0 Å². The van der Waals surface area contributed by atoms with Gasteiger partial charge in [0.25, 0.3) is 0 Å². The average molecular weight is 499 g/mol. The summed E-state index contributed by atoms with van der Waals surface area (Å²) in [4.78, 5) is 2.38. The van der Waals surface area contributed by atoms with Crippen LogP contribution in [0.3, 0.4) is 0 Å². The van der Waals surface area contributed by atoms with E-state index in [1.165, 1.54) is 12.5 Å². The van der Waals surface area contributed by atoms with Gasteiger partial charge in [-0.25, -0.2) is 0 Å². The summed E-state index contributed by atoms with van der Waals surface area (Å²) < 4.78 is 78.5. The van der Waals surface area contributed by atoms with Gasteiger partial charge in [0, 0.05) is 13.5 Å². The third kappa shape index (κ3) is 8.57. The van der Waals surface area contributed by atoms with Crippen LogP contribution in [0.1, 0.15) is 55.7 Å². The van der Waals surface area contributed by atoms with Crippen LogP contribution in [0.5, 0.6) is 0 Å². The van der Waals surface area contributed by atoms with Gasteiger partial charge in [-0.2, -0.15) is 31.6 Å². The first-order valence-corrected chi connectivity index (χ1v) is 11.8. The molecule has 3 atom stereocenters. The van der Waals surface area contributed by atoms with Crippen molar-refractivity contribution in [3.8, 4) is 6.07 Å². The molecule has 2 aromatic carbocycles. The molecule has 0 aliphatic heterocycles. The number of aryl methyl sites for hydroxylation is 1. The molecule has 0 amide bonds. The molecule has 0 aromatic heterocycles. The van der Waals surface area contributed by atoms with E-state index in [1.54, 1.807) is 30.3 Å². The fraction of sp³-hybridized carbons (Fsp3) is 0.519. The summed E-state index contributed by atoms with van der Waals surface area (Å²) in [5.74, 6) is -5.78. The lowest BCUT2D eigenvalue weighted by Crippen LogP contribution is -2.51. The van der Waals surface area contributed by atoms with E-state index in [4.69, 9.17) is 5.26 Å². The number of benzene rings is 2. The Morgan fingerprint density at radius 3 is 2.00 bits per heavy atom. The van der Waals surface area contributed by atoms with Gasteiger partial charge < -0.3 is 0 Å². The average Bonchev–Trinajstić information content (AvgIpc) is 2.73. The Morgan fingerprint density at radius 2 is 1.49 bits per heavy atom. The monoisotopic (exact) mass is 498 g/mol. The summed E-state index contributed by atoms with van der Waals surface area (Å²) in [7, 11) is 0. The molecule has 0 bridgehead atoms. The first kappa shape index (κ1) is 28.7. The van der Waals surface area contributed by atoms with Crippen molar-refractivity contribution in [3.05, 3.63) is 71.3 Å². The molecule has 1 saturated carbocycles. The zero-order valence-electron chi connectivity index (χ0n) is 20.0. The fourth-order valence-electron chi connectivity index (χ4n) is 4.65. The van der Waals surface area contributed by atoms with Crippen molar-refractivity contribution in [1.82, 2.24) is 4.90 Å². The standard InChI is InChI=1S/C25H29F6N.C2H3N/c1-2-14-32(17-19-7-4-3-5-8-19)15-6-9-18-10-12-20(13-11-18)21-16-22(24(26,27)28)23(21)25(29,30)31;1-2-3/h3-5,7-8,10-13,21-23H,2,6,9,14-17H2,1H3;1H3. The van der Waals surface area contributed by atoms with Gasteiger partial charge in [0.1, 0.15) is 0 Å². The highest BCUT2D eigenvalue weighted by atomic mass is 19.4. The second-order valence-electron chi connectivity index (χ2n) is 8.89. The summed E-state index contributed by atoms with van der Waals surface area (Å²) in [5, 5.41) is 7.32. The van der Waals surface area contributed by atoms with Crippen molar-refractivity contribution in [2.24, 2.45) is 11.8 Å². The third-order valence-electron chi connectivity index (χ3n) is 6.31. The zero-order valence-corrected chi connectivity index (χ0v) is 20.0. The van der Waals surface area contributed by atoms with Gasteiger partial charge in [0.2, 0.25) is 0 Å². The molecule has 3 rings (SSSR count). The Bertz CT molecular complexity index is 916. The van der Waals surface area contributed by atoms with E-state index in [1.807, 2.05) is 18.2 Å². The second-order valence-corrected chi connectivity index (χ2v) is 8.89. The summed E-state index contributed by atoms with van der Waals surface area (Å²) in [6, 6.07) is 18.6. The van der Waals surface area contributed by atoms with Gasteiger partial charge in [-0.1, -0.05) is 61.5 Å². The van der Waals surface area contributed by atoms with E-state index >= 15 is 0 Å². The quantitative estimate of drug-likeness (QED) is 0.329. The molecule has 0 saturated heterocycles. The Labute approximate surface area is 203 Å². The number of halogens is 6. The van der Waals surface area contributed by atoms with Crippen molar-refractivity contribution in [2.45, 2.75) is 64.3 Å². The van der Waals surface area contributed by atoms with Gasteiger partial charge in [0.05, 0.1) is 17.9 Å². The number of rotatable bonds is 9. The summed E-state index contributed by atoms with van der Waals surface area (Å²) in [6.07, 6.45) is -7.46. The van der Waals surface area contributed by atoms with E-state index in [9.17, 15) is 26.3 Å². The van der Waals surface area contributed by atoms with Gasteiger partial charge in [-0.3, -0.25) is 4.90 Å². The Kier molecular flexibility index (Phi) is 10.6. The van der Waals surface area contributed by atoms with Gasteiger partial charge in [-0.05, 0) is 61.4 Å². The molecule has 3 unspecified atom stereocenters. The lowest BCUT2D eigenvalue weighted by atomic mass is 9.61. The minimum Gasteiger partial charge on any atom is -0.299 e. The molecule has 0 N–H and O–H groups in total.